The van der Waals surface area contributed by atoms with Gasteiger partial charge in [0.2, 0.25) is 0 Å². The SMILES string of the molecule is COc1ccc2c3c1O[C@H]1C(OC(=O)N4CCCCC4N)=CC[C@](O)(C31)[C@H](N(C)C)C2. The molecule has 0 aromatic heterocycles. The van der Waals surface area contributed by atoms with Crippen LogP contribution in [-0.4, -0.2) is 72.7 Å². The number of aliphatic hydroxyl groups is 1. The van der Waals surface area contributed by atoms with Crippen molar-refractivity contribution >= 4 is 6.09 Å². The summed E-state index contributed by atoms with van der Waals surface area (Å²) in [5.41, 5.74) is 7.21. The normalized spacial score (nSPS) is 33.5. The number of ether oxygens (including phenoxy) is 3. The number of hydrogen-bond acceptors (Lipinski definition) is 7. The summed E-state index contributed by atoms with van der Waals surface area (Å²) in [7, 11) is 5.58. The lowest BCUT2D eigenvalue weighted by atomic mass is 9.63. The summed E-state index contributed by atoms with van der Waals surface area (Å²) in [6.07, 6.45) is 4.25. The minimum absolute atomic E-state index is 0.0838. The maximum atomic E-state index is 12.9. The van der Waals surface area contributed by atoms with Crippen molar-refractivity contribution in [3.63, 3.8) is 0 Å². The van der Waals surface area contributed by atoms with Gasteiger partial charge in [-0.05, 0) is 57.5 Å². The van der Waals surface area contributed by atoms with Crippen molar-refractivity contribution < 1.29 is 24.1 Å². The first-order valence-electron chi connectivity index (χ1n) is 11.0. The van der Waals surface area contributed by atoms with Crippen LogP contribution in [0.3, 0.4) is 0 Å². The lowest BCUT2D eigenvalue weighted by Gasteiger charge is -2.50. The number of nitrogens with zero attached hydrogens (tertiary/aromatic N) is 2. The van der Waals surface area contributed by atoms with E-state index in [2.05, 4.69) is 11.0 Å². The van der Waals surface area contributed by atoms with Crippen LogP contribution in [0.15, 0.2) is 24.0 Å². The highest BCUT2D eigenvalue weighted by molar-refractivity contribution is 5.70. The molecule has 2 aliphatic heterocycles. The molecule has 8 heteroatoms. The molecule has 4 aliphatic rings. The lowest BCUT2D eigenvalue weighted by Crippen LogP contribution is -2.61. The molecule has 1 fully saturated rings. The van der Waals surface area contributed by atoms with E-state index in [4.69, 9.17) is 19.9 Å². The molecule has 168 valence electrons. The minimum Gasteiger partial charge on any atom is -0.493 e. The summed E-state index contributed by atoms with van der Waals surface area (Å²) >= 11 is 0. The Balaban J connectivity index is 1.52. The average molecular weight is 430 g/mol. The molecule has 1 aromatic rings. The van der Waals surface area contributed by atoms with Crippen LogP contribution in [0, 0.1) is 0 Å². The van der Waals surface area contributed by atoms with E-state index in [-0.39, 0.29) is 18.1 Å². The summed E-state index contributed by atoms with van der Waals surface area (Å²) in [6, 6.07) is 3.88. The molecule has 0 spiro atoms. The molecule has 3 N–H and O–H groups in total. The second-order valence-electron chi connectivity index (χ2n) is 9.30. The molecule has 5 rings (SSSR count). The number of benzene rings is 1. The van der Waals surface area contributed by atoms with Crippen molar-refractivity contribution in [1.82, 2.24) is 9.80 Å². The van der Waals surface area contributed by atoms with Crippen molar-refractivity contribution in [3.8, 4) is 11.5 Å². The van der Waals surface area contributed by atoms with Crippen molar-refractivity contribution in [3.05, 3.63) is 35.1 Å². The molecule has 1 saturated heterocycles. The fourth-order valence-electron chi connectivity index (χ4n) is 5.81. The van der Waals surface area contributed by atoms with Gasteiger partial charge in [-0.25, -0.2) is 4.79 Å². The molecule has 0 bridgehead atoms. The number of carbonyl (C=O) groups excluding carboxylic acids is 1. The number of methoxy groups -OCH3 is 1. The van der Waals surface area contributed by atoms with E-state index < -0.39 is 17.8 Å². The fraction of sp³-hybridized carbons (Fsp3) is 0.609. The Labute approximate surface area is 182 Å². The zero-order valence-electron chi connectivity index (χ0n) is 18.3. The van der Waals surface area contributed by atoms with Crippen LogP contribution >= 0.6 is 0 Å². The quantitative estimate of drug-likeness (QED) is 0.758. The van der Waals surface area contributed by atoms with Gasteiger partial charge < -0.3 is 30.0 Å². The van der Waals surface area contributed by atoms with E-state index in [0.717, 1.165) is 30.4 Å². The molecule has 8 nitrogen and oxygen atoms in total. The number of likely N-dealkylation sites (N-methyl/N-ethyl adjacent to an activating group) is 1. The predicted molar refractivity (Wildman–Crippen MR) is 114 cm³/mol. The number of amides is 1. The summed E-state index contributed by atoms with van der Waals surface area (Å²) in [5.74, 6) is 1.38. The first-order chi connectivity index (χ1) is 14.8. The number of hydrogen-bond donors (Lipinski definition) is 2. The van der Waals surface area contributed by atoms with Gasteiger partial charge in [0.25, 0.3) is 0 Å². The van der Waals surface area contributed by atoms with Gasteiger partial charge in [0.15, 0.2) is 17.6 Å². The highest BCUT2D eigenvalue weighted by Gasteiger charge is 2.60. The van der Waals surface area contributed by atoms with Crippen molar-refractivity contribution in [2.24, 2.45) is 5.73 Å². The van der Waals surface area contributed by atoms with E-state index in [1.165, 1.54) is 0 Å². The molecule has 2 aliphatic carbocycles. The van der Waals surface area contributed by atoms with Crippen LogP contribution < -0.4 is 15.2 Å². The van der Waals surface area contributed by atoms with E-state index in [1.807, 2.05) is 26.2 Å². The van der Waals surface area contributed by atoms with Gasteiger partial charge in [0.05, 0.1) is 24.8 Å². The molecule has 5 atom stereocenters. The number of carbonyl (C=O) groups is 1. The summed E-state index contributed by atoms with van der Waals surface area (Å²) in [6.45, 7) is 0.590. The third-order valence-corrected chi connectivity index (χ3v) is 7.38. The zero-order chi connectivity index (χ0) is 21.9. The maximum absolute atomic E-state index is 12.9. The van der Waals surface area contributed by atoms with Crippen molar-refractivity contribution in [1.29, 1.82) is 0 Å². The topological polar surface area (TPSA) is 97.5 Å². The maximum Gasteiger partial charge on any atom is 0.416 e. The van der Waals surface area contributed by atoms with Crippen LogP contribution in [0.2, 0.25) is 0 Å². The lowest BCUT2D eigenvalue weighted by molar-refractivity contribution is -0.0845. The molecule has 0 saturated carbocycles. The molecule has 1 amide bonds. The molecular weight excluding hydrogens is 398 g/mol. The summed E-state index contributed by atoms with van der Waals surface area (Å²) < 4.78 is 17.7. The van der Waals surface area contributed by atoms with Crippen LogP contribution in [-0.2, 0) is 11.2 Å². The Kier molecular flexibility index (Phi) is 4.91. The predicted octanol–water partition coefficient (Wildman–Crippen LogP) is 1.95. The fourth-order valence-corrected chi connectivity index (χ4v) is 5.81. The van der Waals surface area contributed by atoms with Gasteiger partial charge in [-0.1, -0.05) is 6.07 Å². The average Bonchev–Trinajstić information content (AvgIpc) is 3.16. The van der Waals surface area contributed by atoms with Crippen LogP contribution in [0.4, 0.5) is 4.79 Å². The van der Waals surface area contributed by atoms with E-state index in [9.17, 15) is 9.90 Å². The molecule has 2 heterocycles. The van der Waals surface area contributed by atoms with Crippen LogP contribution in [0.5, 0.6) is 11.5 Å². The number of nitrogens with two attached hydrogens (primary N) is 1. The number of likely N-dealkylation sites (tertiary alicyclic amines) is 1. The first-order valence-corrected chi connectivity index (χ1v) is 11.0. The van der Waals surface area contributed by atoms with Gasteiger partial charge in [-0.2, -0.15) is 0 Å². The Hall–Kier alpha value is -2.29. The second-order valence-corrected chi connectivity index (χ2v) is 9.30. The van der Waals surface area contributed by atoms with Gasteiger partial charge in [-0.3, -0.25) is 4.90 Å². The molecule has 2 unspecified atom stereocenters. The van der Waals surface area contributed by atoms with Gasteiger partial charge in [0, 0.05) is 24.6 Å². The largest absolute Gasteiger partial charge is 0.493 e. The van der Waals surface area contributed by atoms with Crippen molar-refractivity contribution in [2.75, 3.05) is 27.7 Å². The van der Waals surface area contributed by atoms with Gasteiger partial charge in [-0.15, -0.1) is 0 Å². The monoisotopic (exact) mass is 429 g/mol. The summed E-state index contributed by atoms with van der Waals surface area (Å²) in [4.78, 5) is 16.6. The number of piperidine rings is 1. The smallest absolute Gasteiger partial charge is 0.416 e. The third kappa shape index (κ3) is 3.03. The van der Waals surface area contributed by atoms with E-state index in [1.54, 1.807) is 12.0 Å². The molecule has 31 heavy (non-hydrogen) atoms. The Morgan fingerprint density at radius 2 is 2.16 bits per heavy atom. The minimum atomic E-state index is -1.03. The standard InChI is InChI=1S/C23H31N3O5/c1-25(2)16-12-13-7-8-14(29-3)20-18(13)19-21(31-20)15(9-10-23(16,19)28)30-22(27)26-11-5-4-6-17(26)24/h7-9,16-17,19,21,28H,4-6,10-12,24H2,1-3H3/t16-,17?,19?,21+,23-/m1/s1. The Morgan fingerprint density at radius 1 is 1.35 bits per heavy atom. The molecular formula is C23H31N3O5. The van der Waals surface area contributed by atoms with Crippen LogP contribution in [0.25, 0.3) is 0 Å². The van der Waals surface area contributed by atoms with Crippen LogP contribution in [0.1, 0.15) is 42.7 Å². The first kappa shape index (κ1) is 20.6. The Bertz CT molecular complexity index is 932. The zero-order valence-corrected chi connectivity index (χ0v) is 18.3. The highest BCUT2D eigenvalue weighted by atomic mass is 16.6. The van der Waals surface area contributed by atoms with E-state index >= 15 is 0 Å². The highest BCUT2D eigenvalue weighted by Crippen LogP contribution is 2.58. The summed E-state index contributed by atoms with van der Waals surface area (Å²) in [5, 5.41) is 11.9. The molecule has 1 aromatic carbocycles. The van der Waals surface area contributed by atoms with E-state index in [0.29, 0.717) is 36.6 Å². The van der Waals surface area contributed by atoms with Gasteiger partial charge >= 0.3 is 6.09 Å². The number of rotatable bonds is 3. The molecule has 0 radical (unpaired) electrons. The third-order valence-electron chi connectivity index (χ3n) is 7.38. The van der Waals surface area contributed by atoms with Gasteiger partial charge in [0.1, 0.15) is 5.76 Å². The second kappa shape index (κ2) is 7.39. The van der Waals surface area contributed by atoms with Crippen molar-refractivity contribution in [2.45, 2.75) is 61.9 Å². The Morgan fingerprint density at radius 3 is 2.87 bits per heavy atom.